The standard InChI is InChI=1S/C22H39N/c1-19(2,3)16-14-13-15-17(20(4,5)6)18(16)23(21(7,8)9)22(10,11)12/h13-15H,1-12H3. The molecule has 0 heterocycles. The topological polar surface area (TPSA) is 3.24 Å². The molecule has 0 spiro atoms. The predicted molar refractivity (Wildman–Crippen MR) is 106 cm³/mol. The molecule has 1 nitrogen and oxygen atoms in total. The van der Waals surface area contributed by atoms with Gasteiger partial charge in [-0.15, -0.1) is 0 Å². The van der Waals surface area contributed by atoms with Gasteiger partial charge in [0.2, 0.25) is 0 Å². The van der Waals surface area contributed by atoms with Crippen molar-refractivity contribution in [2.75, 3.05) is 4.90 Å². The van der Waals surface area contributed by atoms with E-state index in [9.17, 15) is 0 Å². The number of anilines is 1. The maximum atomic E-state index is 2.63. The lowest BCUT2D eigenvalue weighted by Gasteiger charge is -2.51. The number of hydrogen-bond acceptors (Lipinski definition) is 1. The van der Waals surface area contributed by atoms with E-state index in [1.165, 1.54) is 16.8 Å². The van der Waals surface area contributed by atoms with Crippen molar-refractivity contribution in [1.29, 1.82) is 0 Å². The highest BCUT2D eigenvalue weighted by molar-refractivity contribution is 5.66. The quantitative estimate of drug-likeness (QED) is 0.558. The summed E-state index contributed by atoms with van der Waals surface area (Å²) >= 11 is 0. The third-order valence-electron chi connectivity index (χ3n) is 4.22. The molecule has 0 N–H and O–H groups in total. The van der Waals surface area contributed by atoms with Crippen LogP contribution in [0.3, 0.4) is 0 Å². The van der Waals surface area contributed by atoms with Crippen LogP contribution in [0.15, 0.2) is 18.2 Å². The first-order chi connectivity index (χ1) is 9.97. The van der Waals surface area contributed by atoms with Gasteiger partial charge >= 0.3 is 0 Å². The van der Waals surface area contributed by atoms with Crippen LogP contribution in [0.1, 0.15) is 94.2 Å². The zero-order valence-electron chi connectivity index (χ0n) is 17.7. The molecule has 0 aromatic heterocycles. The zero-order chi connectivity index (χ0) is 18.4. The molecule has 0 bridgehead atoms. The van der Waals surface area contributed by atoms with Crippen LogP contribution >= 0.6 is 0 Å². The molecule has 0 saturated heterocycles. The van der Waals surface area contributed by atoms with Crippen molar-refractivity contribution in [3.8, 4) is 0 Å². The van der Waals surface area contributed by atoms with Crippen LogP contribution in [0, 0.1) is 0 Å². The average molecular weight is 318 g/mol. The Balaban J connectivity index is 3.91. The zero-order valence-corrected chi connectivity index (χ0v) is 17.7. The van der Waals surface area contributed by atoms with Gasteiger partial charge in [0.05, 0.1) is 0 Å². The number of rotatable bonds is 1. The molecule has 1 rings (SSSR count). The molecule has 0 aliphatic carbocycles. The van der Waals surface area contributed by atoms with E-state index in [1.807, 2.05) is 0 Å². The second-order valence-electron chi connectivity index (χ2n) is 10.9. The van der Waals surface area contributed by atoms with Gasteiger partial charge in [-0.3, -0.25) is 0 Å². The molecule has 0 atom stereocenters. The van der Waals surface area contributed by atoms with E-state index in [0.29, 0.717) is 0 Å². The highest BCUT2D eigenvalue weighted by Gasteiger charge is 2.38. The summed E-state index contributed by atoms with van der Waals surface area (Å²) < 4.78 is 0. The Morgan fingerprint density at radius 2 is 0.870 bits per heavy atom. The molecule has 0 saturated carbocycles. The van der Waals surface area contributed by atoms with Gasteiger partial charge in [-0.1, -0.05) is 59.7 Å². The smallest absolute Gasteiger partial charge is 0.0450 e. The Morgan fingerprint density at radius 1 is 0.565 bits per heavy atom. The molecular weight excluding hydrogens is 278 g/mol. The van der Waals surface area contributed by atoms with Crippen LogP contribution in [0.4, 0.5) is 5.69 Å². The van der Waals surface area contributed by atoms with Crippen LogP contribution < -0.4 is 4.90 Å². The molecular formula is C22H39N. The molecule has 0 aliphatic heterocycles. The van der Waals surface area contributed by atoms with Crippen LogP contribution in [0.2, 0.25) is 0 Å². The van der Waals surface area contributed by atoms with Crippen molar-refractivity contribution in [2.24, 2.45) is 0 Å². The van der Waals surface area contributed by atoms with Gasteiger partial charge in [0, 0.05) is 16.8 Å². The summed E-state index contributed by atoms with van der Waals surface area (Å²) in [6.07, 6.45) is 0. The fraction of sp³-hybridized carbons (Fsp3) is 0.727. The summed E-state index contributed by atoms with van der Waals surface area (Å²) in [4.78, 5) is 2.63. The van der Waals surface area contributed by atoms with Crippen LogP contribution in [0.5, 0.6) is 0 Å². The lowest BCUT2D eigenvalue weighted by molar-refractivity contribution is 0.373. The third-order valence-corrected chi connectivity index (χ3v) is 4.22. The molecule has 1 heteroatoms. The summed E-state index contributed by atoms with van der Waals surface area (Å²) in [5, 5.41) is 0. The van der Waals surface area contributed by atoms with E-state index in [0.717, 1.165) is 0 Å². The van der Waals surface area contributed by atoms with E-state index in [1.54, 1.807) is 0 Å². The number of para-hydroxylation sites is 1. The summed E-state index contributed by atoms with van der Waals surface area (Å²) in [6, 6.07) is 6.86. The Bertz CT molecular complexity index is 493. The molecule has 0 amide bonds. The van der Waals surface area contributed by atoms with Gasteiger partial charge < -0.3 is 4.90 Å². The third kappa shape index (κ3) is 4.52. The molecule has 0 aliphatic rings. The second kappa shape index (κ2) is 5.83. The molecule has 0 radical (unpaired) electrons. The fourth-order valence-electron chi connectivity index (χ4n) is 3.67. The maximum absolute atomic E-state index is 2.63. The lowest BCUT2D eigenvalue weighted by Crippen LogP contribution is -2.54. The Morgan fingerprint density at radius 3 is 1.09 bits per heavy atom. The molecule has 1 aromatic carbocycles. The van der Waals surface area contributed by atoms with Crippen molar-refractivity contribution in [1.82, 2.24) is 0 Å². The fourth-order valence-corrected chi connectivity index (χ4v) is 3.67. The first kappa shape index (κ1) is 20.1. The summed E-state index contributed by atoms with van der Waals surface area (Å²) in [5.41, 5.74) is 4.65. The first-order valence-corrected chi connectivity index (χ1v) is 8.91. The monoisotopic (exact) mass is 317 g/mol. The van der Waals surface area contributed by atoms with E-state index >= 15 is 0 Å². The predicted octanol–water partition coefficient (Wildman–Crippen LogP) is 6.69. The van der Waals surface area contributed by atoms with Crippen molar-refractivity contribution in [3.05, 3.63) is 29.3 Å². The summed E-state index contributed by atoms with van der Waals surface area (Å²) in [5.74, 6) is 0. The highest BCUT2D eigenvalue weighted by Crippen LogP contribution is 2.45. The minimum absolute atomic E-state index is 0.0552. The van der Waals surface area contributed by atoms with Gasteiger partial charge in [-0.05, 0) is 63.5 Å². The number of hydrogen-bond donors (Lipinski definition) is 0. The van der Waals surface area contributed by atoms with Crippen molar-refractivity contribution in [2.45, 2.75) is 105 Å². The van der Waals surface area contributed by atoms with E-state index in [-0.39, 0.29) is 21.9 Å². The maximum Gasteiger partial charge on any atom is 0.0450 e. The van der Waals surface area contributed by atoms with Crippen molar-refractivity contribution < 1.29 is 0 Å². The minimum atomic E-state index is 0.0552. The van der Waals surface area contributed by atoms with Crippen LogP contribution in [0.25, 0.3) is 0 Å². The molecule has 23 heavy (non-hydrogen) atoms. The molecule has 132 valence electrons. The van der Waals surface area contributed by atoms with E-state index in [2.05, 4.69) is 106 Å². The summed E-state index contributed by atoms with van der Waals surface area (Å²) in [7, 11) is 0. The second-order valence-corrected chi connectivity index (χ2v) is 10.9. The van der Waals surface area contributed by atoms with Gasteiger partial charge in [0.15, 0.2) is 0 Å². The number of benzene rings is 1. The minimum Gasteiger partial charge on any atom is -0.361 e. The molecule has 0 fully saturated rings. The Hall–Kier alpha value is -0.980. The lowest BCUT2D eigenvalue weighted by atomic mass is 9.76. The number of nitrogens with zero attached hydrogens (tertiary/aromatic N) is 1. The Labute approximate surface area is 145 Å². The van der Waals surface area contributed by atoms with Crippen molar-refractivity contribution >= 4 is 5.69 Å². The summed E-state index contributed by atoms with van der Waals surface area (Å²) in [6.45, 7) is 27.9. The average Bonchev–Trinajstić information content (AvgIpc) is 2.21. The van der Waals surface area contributed by atoms with Gasteiger partial charge in [0.1, 0.15) is 0 Å². The van der Waals surface area contributed by atoms with E-state index < -0.39 is 0 Å². The first-order valence-electron chi connectivity index (χ1n) is 8.91. The SMILES string of the molecule is CC(C)(C)c1cccc(C(C)(C)C)c1N(C(C)(C)C)C(C)(C)C. The van der Waals surface area contributed by atoms with Gasteiger partial charge in [-0.25, -0.2) is 0 Å². The molecule has 1 aromatic rings. The van der Waals surface area contributed by atoms with Gasteiger partial charge in [0.25, 0.3) is 0 Å². The van der Waals surface area contributed by atoms with Crippen LogP contribution in [-0.2, 0) is 10.8 Å². The largest absolute Gasteiger partial charge is 0.361 e. The Kier molecular flexibility index (Phi) is 5.08. The highest BCUT2D eigenvalue weighted by atomic mass is 15.2. The van der Waals surface area contributed by atoms with Crippen LogP contribution in [-0.4, -0.2) is 11.1 Å². The molecule has 0 unspecified atom stereocenters. The van der Waals surface area contributed by atoms with Gasteiger partial charge in [-0.2, -0.15) is 0 Å². The normalized spacial score (nSPS) is 14.1. The van der Waals surface area contributed by atoms with Crippen molar-refractivity contribution in [3.63, 3.8) is 0 Å². The van der Waals surface area contributed by atoms with E-state index in [4.69, 9.17) is 0 Å².